The molecule has 0 atom stereocenters. The molecule has 1 amide bonds. The molecule has 0 radical (unpaired) electrons. The quantitative estimate of drug-likeness (QED) is 0.774. The summed E-state index contributed by atoms with van der Waals surface area (Å²) in [5.74, 6) is -0.156. The fourth-order valence-corrected chi connectivity index (χ4v) is 2.75. The standard InChI is InChI=1S/C18H22N6O/c1-12-7-5-6-8-15(12)9-24-11-17(21-22-24)18(25)23(4)10-16-13(2)19-20-14(16)3/h5-8,11H,9-10H2,1-4H3,(H,19,20). The summed E-state index contributed by atoms with van der Waals surface area (Å²) in [4.78, 5) is 14.2. The van der Waals surface area contributed by atoms with E-state index >= 15 is 0 Å². The van der Waals surface area contributed by atoms with E-state index in [9.17, 15) is 4.79 Å². The van der Waals surface area contributed by atoms with Gasteiger partial charge in [0.15, 0.2) is 5.69 Å². The second kappa shape index (κ2) is 6.88. The van der Waals surface area contributed by atoms with Crippen molar-refractivity contribution in [3.05, 3.63) is 64.2 Å². The molecule has 0 bridgehead atoms. The Balaban J connectivity index is 1.71. The topological polar surface area (TPSA) is 79.7 Å². The van der Waals surface area contributed by atoms with Gasteiger partial charge in [-0.25, -0.2) is 4.68 Å². The number of hydrogen-bond donors (Lipinski definition) is 1. The molecular formula is C18H22N6O. The molecule has 0 fully saturated rings. The van der Waals surface area contributed by atoms with Gasteiger partial charge in [0.1, 0.15) is 0 Å². The highest BCUT2D eigenvalue weighted by Gasteiger charge is 2.18. The molecule has 0 unspecified atom stereocenters. The third-order valence-corrected chi connectivity index (χ3v) is 4.37. The minimum absolute atomic E-state index is 0.156. The van der Waals surface area contributed by atoms with E-state index in [0.717, 1.165) is 22.5 Å². The van der Waals surface area contributed by atoms with Crippen molar-refractivity contribution >= 4 is 5.91 Å². The Hall–Kier alpha value is -2.96. The van der Waals surface area contributed by atoms with Crippen LogP contribution in [0.1, 0.15) is 38.6 Å². The summed E-state index contributed by atoms with van der Waals surface area (Å²) >= 11 is 0. The first kappa shape index (κ1) is 16.9. The van der Waals surface area contributed by atoms with E-state index in [1.807, 2.05) is 26.0 Å². The van der Waals surface area contributed by atoms with Gasteiger partial charge in [-0.15, -0.1) is 5.10 Å². The average Bonchev–Trinajstić information content (AvgIpc) is 3.18. The predicted molar refractivity (Wildman–Crippen MR) is 94.2 cm³/mol. The Morgan fingerprint density at radius 2 is 2.00 bits per heavy atom. The molecule has 0 spiro atoms. The normalized spacial score (nSPS) is 10.9. The summed E-state index contributed by atoms with van der Waals surface area (Å²) in [7, 11) is 1.76. The van der Waals surface area contributed by atoms with E-state index in [1.54, 1.807) is 22.8 Å². The number of amides is 1. The highest BCUT2D eigenvalue weighted by molar-refractivity contribution is 5.91. The Morgan fingerprint density at radius 3 is 2.68 bits per heavy atom. The SMILES string of the molecule is Cc1ccccc1Cn1cc(C(=O)N(C)Cc2c(C)n[nH]c2C)nn1. The van der Waals surface area contributed by atoms with Crippen LogP contribution < -0.4 is 0 Å². The highest BCUT2D eigenvalue weighted by atomic mass is 16.2. The van der Waals surface area contributed by atoms with Gasteiger partial charge in [0.25, 0.3) is 5.91 Å². The van der Waals surface area contributed by atoms with Crippen LogP contribution in [0.15, 0.2) is 30.5 Å². The second-order valence-electron chi connectivity index (χ2n) is 6.30. The Bertz CT molecular complexity index is 875. The molecule has 0 aliphatic heterocycles. The van der Waals surface area contributed by atoms with Crippen LogP contribution in [0.2, 0.25) is 0 Å². The first-order valence-electron chi connectivity index (χ1n) is 8.16. The summed E-state index contributed by atoms with van der Waals surface area (Å²) in [6.45, 7) is 7.01. The molecule has 1 aromatic carbocycles. The first-order valence-corrected chi connectivity index (χ1v) is 8.16. The first-order chi connectivity index (χ1) is 12.0. The largest absolute Gasteiger partial charge is 0.336 e. The van der Waals surface area contributed by atoms with Crippen molar-refractivity contribution in [3.63, 3.8) is 0 Å². The number of rotatable bonds is 5. The maximum atomic E-state index is 12.6. The number of hydrogen-bond acceptors (Lipinski definition) is 4. The molecule has 25 heavy (non-hydrogen) atoms. The molecule has 3 rings (SSSR count). The van der Waals surface area contributed by atoms with Gasteiger partial charge in [0, 0.05) is 24.8 Å². The molecule has 7 heteroatoms. The van der Waals surface area contributed by atoms with Gasteiger partial charge < -0.3 is 4.90 Å². The van der Waals surface area contributed by atoms with Crippen LogP contribution in [-0.2, 0) is 13.1 Å². The minimum Gasteiger partial charge on any atom is -0.336 e. The third-order valence-electron chi connectivity index (χ3n) is 4.37. The average molecular weight is 338 g/mol. The number of nitrogens with zero attached hydrogens (tertiary/aromatic N) is 5. The van der Waals surface area contributed by atoms with Gasteiger partial charge >= 0.3 is 0 Å². The van der Waals surface area contributed by atoms with Gasteiger partial charge in [-0.1, -0.05) is 29.5 Å². The summed E-state index contributed by atoms with van der Waals surface area (Å²) in [5.41, 5.74) is 5.59. The van der Waals surface area contributed by atoms with E-state index in [4.69, 9.17) is 0 Å². The zero-order valence-corrected chi connectivity index (χ0v) is 14.9. The van der Waals surface area contributed by atoms with Gasteiger partial charge in [0.2, 0.25) is 0 Å². The van der Waals surface area contributed by atoms with E-state index in [-0.39, 0.29) is 5.91 Å². The molecular weight excluding hydrogens is 316 g/mol. The van der Waals surface area contributed by atoms with E-state index < -0.39 is 0 Å². The Labute approximate surface area is 146 Å². The van der Waals surface area contributed by atoms with Gasteiger partial charge in [-0.05, 0) is 31.9 Å². The van der Waals surface area contributed by atoms with Crippen molar-refractivity contribution in [2.24, 2.45) is 0 Å². The molecule has 0 saturated carbocycles. The van der Waals surface area contributed by atoms with E-state index in [0.29, 0.717) is 18.8 Å². The molecule has 0 saturated heterocycles. The van der Waals surface area contributed by atoms with Crippen molar-refractivity contribution in [1.29, 1.82) is 0 Å². The summed E-state index contributed by atoms with van der Waals surface area (Å²) < 4.78 is 1.69. The maximum absolute atomic E-state index is 12.6. The molecule has 2 heterocycles. The van der Waals surface area contributed by atoms with Crippen LogP contribution in [0.25, 0.3) is 0 Å². The van der Waals surface area contributed by atoms with Crippen LogP contribution in [0.4, 0.5) is 0 Å². The smallest absolute Gasteiger partial charge is 0.276 e. The van der Waals surface area contributed by atoms with Crippen LogP contribution in [0, 0.1) is 20.8 Å². The van der Waals surface area contributed by atoms with Crippen molar-refractivity contribution in [3.8, 4) is 0 Å². The number of aryl methyl sites for hydroxylation is 3. The molecule has 0 aliphatic rings. The van der Waals surface area contributed by atoms with Crippen molar-refractivity contribution in [2.75, 3.05) is 7.05 Å². The molecule has 130 valence electrons. The predicted octanol–water partition coefficient (Wildman–Crippen LogP) is 2.25. The van der Waals surface area contributed by atoms with Crippen molar-refractivity contribution < 1.29 is 4.79 Å². The van der Waals surface area contributed by atoms with Crippen molar-refractivity contribution in [1.82, 2.24) is 30.1 Å². The lowest BCUT2D eigenvalue weighted by molar-refractivity contribution is 0.0779. The van der Waals surface area contributed by atoms with Crippen molar-refractivity contribution in [2.45, 2.75) is 33.9 Å². The van der Waals surface area contributed by atoms with Gasteiger partial charge in [-0.2, -0.15) is 5.10 Å². The van der Waals surface area contributed by atoms with Crippen LogP contribution >= 0.6 is 0 Å². The number of H-pyrrole nitrogens is 1. The van der Waals surface area contributed by atoms with Crippen LogP contribution in [-0.4, -0.2) is 43.0 Å². The molecule has 0 aliphatic carbocycles. The summed E-state index contributed by atoms with van der Waals surface area (Å²) in [6.07, 6.45) is 1.69. The number of carbonyl (C=O) groups is 1. The number of carbonyl (C=O) groups excluding carboxylic acids is 1. The lowest BCUT2D eigenvalue weighted by Gasteiger charge is -2.15. The molecule has 1 N–H and O–H groups in total. The van der Waals surface area contributed by atoms with Gasteiger partial charge in [-0.3, -0.25) is 9.89 Å². The number of benzene rings is 1. The number of aromatic amines is 1. The van der Waals surface area contributed by atoms with Gasteiger partial charge in [0.05, 0.1) is 18.4 Å². The second-order valence-corrected chi connectivity index (χ2v) is 6.30. The summed E-state index contributed by atoms with van der Waals surface area (Å²) in [6, 6.07) is 8.11. The fraction of sp³-hybridized carbons (Fsp3) is 0.333. The monoisotopic (exact) mass is 338 g/mol. The number of nitrogens with one attached hydrogen (secondary N) is 1. The highest BCUT2D eigenvalue weighted by Crippen LogP contribution is 2.14. The lowest BCUT2D eigenvalue weighted by atomic mass is 10.1. The lowest BCUT2D eigenvalue weighted by Crippen LogP contribution is -2.27. The zero-order chi connectivity index (χ0) is 18.0. The third kappa shape index (κ3) is 3.60. The molecule has 3 aromatic rings. The van der Waals surface area contributed by atoms with E-state index in [1.165, 1.54) is 5.56 Å². The van der Waals surface area contributed by atoms with E-state index in [2.05, 4.69) is 39.6 Å². The molecule has 7 nitrogen and oxygen atoms in total. The zero-order valence-electron chi connectivity index (χ0n) is 14.9. The summed E-state index contributed by atoms with van der Waals surface area (Å²) in [5, 5.41) is 15.2. The Kier molecular flexibility index (Phi) is 4.65. The fourth-order valence-electron chi connectivity index (χ4n) is 2.75. The maximum Gasteiger partial charge on any atom is 0.276 e. The van der Waals surface area contributed by atoms with Crippen LogP contribution in [0.3, 0.4) is 0 Å². The Morgan fingerprint density at radius 1 is 1.24 bits per heavy atom. The minimum atomic E-state index is -0.156. The number of aromatic nitrogens is 5. The van der Waals surface area contributed by atoms with Crippen LogP contribution in [0.5, 0.6) is 0 Å². The molecule has 2 aromatic heterocycles.